The summed E-state index contributed by atoms with van der Waals surface area (Å²) in [6, 6.07) is 10.4. The topological polar surface area (TPSA) is 78.8 Å². The Balaban J connectivity index is 2.18. The highest BCUT2D eigenvalue weighted by Crippen LogP contribution is 2.33. The minimum Gasteiger partial charge on any atom is -0.385 e. The van der Waals surface area contributed by atoms with E-state index in [1.165, 1.54) is 10.9 Å². The Bertz CT molecular complexity index is 775. The molecule has 21 heavy (non-hydrogen) atoms. The number of fused-ring (bicyclic) bond motifs is 1. The molecule has 0 spiro atoms. The number of nitrogens with zero attached hydrogens (tertiary/aromatic N) is 1. The molecule has 3 rings (SSSR count). The number of nitrogens with two attached hydrogens (primary N) is 1. The Morgan fingerprint density at radius 1 is 1.24 bits per heavy atom. The number of H-pyrrole nitrogens is 1. The van der Waals surface area contributed by atoms with Gasteiger partial charge in [-0.3, -0.25) is 0 Å². The molecule has 0 amide bonds. The molecule has 1 aromatic carbocycles. The molecular formula is C16H19N5. The van der Waals surface area contributed by atoms with E-state index in [4.69, 9.17) is 5.73 Å². The summed E-state index contributed by atoms with van der Waals surface area (Å²) < 4.78 is 0. The lowest BCUT2D eigenvalue weighted by Crippen LogP contribution is -2.04. The van der Waals surface area contributed by atoms with Crippen molar-refractivity contribution in [2.75, 3.05) is 25.1 Å². The largest absolute Gasteiger partial charge is 0.385 e. The summed E-state index contributed by atoms with van der Waals surface area (Å²) >= 11 is 0. The summed E-state index contributed by atoms with van der Waals surface area (Å²) in [5.74, 6) is 0.504. The molecule has 108 valence electrons. The summed E-state index contributed by atoms with van der Waals surface area (Å²) in [6.45, 7) is 0.839. The Morgan fingerprint density at radius 3 is 2.86 bits per heavy atom. The number of nitrogens with one attached hydrogen (secondary N) is 3. The molecule has 0 saturated carbocycles. The van der Waals surface area contributed by atoms with Crippen molar-refractivity contribution in [1.82, 2.24) is 15.3 Å². The van der Waals surface area contributed by atoms with Gasteiger partial charge < -0.3 is 21.4 Å². The molecule has 0 unspecified atom stereocenters. The molecule has 5 N–H and O–H groups in total. The van der Waals surface area contributed by atoms with E-state index in [2.05, 4.69) is 44.9 Å². The van der Waals surface area contributed by atoms with Gasteiger partial charge in [0.05, 0.1) is 5.69 Å². The van der Waals surface area contributed by atoms with E-state index in [1.807, 2.05) is 20.2 Å². The first kappa shape index (κ1) is 13.5. The number of aromatic nitrogens is 2. The maximum atomic E-state index is 5.94. The van der Waals surface area contributed by atoms with Crippen LogP contribution in [-0.4, -0.2) is 24.1 Å². The quantitative estimate of drug-likeness (QED) is 0.592. The molecule has 2 aromatic heterocycles. The predicted molar refractivity (Wildman–Crippen MR) is 88.3 cm³/mol. The highest BCUT2D eigenvalue weighted by Gasteiger charge is 2.12. The Hall–Kier alpha value is -2.53. The van der Waals surface area contributed by atoms with Crippen LogP contribution in [0.3, 0.4) is 0 Å². The smallest absolute Gasteiger partial charge is 0.147 e. The van der Waals surface area contributed by atoms with E-state index in [0.29, 0.717) is 5.82 Å². The molecule has 0 radical (unpaired) electrons. The second-order valence-electron chi connectivity index (χ2n) is 4.96. The van der Waals surface area contributed by atoms with Gasteiger partial charge in [-0.15, -0.1) is 0 Å². The van der Waals surface area contributed by atoms with Gasteiger partial charge in [0.2, 0.25) is 0 Å². The van der Waals surface area contributed by atoms with Crippen LogP contribution in [0.2, 0.25) is 0 Å². The average Bonchev–Trinajstić information content (AvgIpc) is 2.92. The lowest BCUT2D eigenvalue weighted by Gasteiger charge is -2.09. The van der Waals surface area contributed by atoms with Gasteiger partial charge in [-0.25, -0.2) is 4.98 Å². The van der Waals surface area contributed by atoms with Gasteiger partial charge in [-0.1, -0.05) is 12.1 Å². The van der Waals surface area contributed by atoms with Crippen molar-refractivity contribution in [1.29, 1.82) is 0 Å². The average molecular weight is 281 g/mol. The van der Waals surface area contributed by atoms with Gasteiger partial charge >= 0.3 is 0 Å². The van der Waals surface area contributed by atoms with Crippen LogP contribution in [0.25, 0.3) is 22.2 Å². The maximum Gasteiger partial charge on any atom is 0.147 e. The number of aromatic amines is 1. The second kappa shape index (κ2) is 5.46. The van der Waals surface area contributed by atoms with Crippen LogP contribution in [0, 0.1) is 0 Å². The van der Waals surface area contributed by atoms with Crippen molar-refractivity contribution in [3.05, 3.63) is 42.1 Å². The van der Waals surface area contributed by atoms with Crippen LogP contribution in [0.5, 0.6) is 0 Å². The van der Waals surface area contributed by atoms with Crippen LogP contribution in [0.4, 0.5) is 11.5 Å². The summed E-state index contributed by atoms with van der Waals surface area (Å²) in [5, 5.41) is 7.55. The van der Waals surface area contributed by atoms with Crippen LogP contribution < -0.4 is 16.4 Å². The molecule has 2 heterocycles. The SMILES string of the molecule is CNCc1cccc2[nH]c(-c3ccnc(N)c3NC)cc12. The molecule has 5 nitrogen and oxygen atoms in total. The van der Waals surface area contributed by atoms with E-state index >= 15 is 0 Å². The van der Waals surface area contributed by atoms with Gasteiger partial charge in [0.1, 0.15) is 5.82 Å². The van der Waals surface area contributed by atoms with Gasteiger partial charge in [0, 0.05) is 41.9 Å². The molecule has 5 heteroatoms. The number of nitrogen functional groups attached to an aromatic ring is 1. The minimum atomic E-state index is 0.504. The van der Waals surface area contributed by atoms with Crippen molar-refractivity contribution in [2.24, 2.45) is 0 Å². The molecule has 0 aliphatic heterocycles. The van der Waals surface area contributed by atoms with E-state index < -0.39 is 0 Å². The lowest BCUT2D eigenvalue weighted by atomic mass is 10.1. The van der Waals surface area contributed by atoms with Gasteiger partial charge in [0.25, 0.3) is 0 Å². The first-order valence-electron chi connectivity index (χ1n) is 6.92. The standard InChI is InChI=1S/C16H19N5/c1-18-9-10-4-3-5-13-12(10)8-14(21-13)11-6-7-20-16(17)15(11)19-2/h3-8,18-19,21H,9H2,1-2H3,(H2,17,20). The Labute approximate surface area is 123 Å². The lowest BCUT2D eigenvalue weighted by molar-refractivity contribution is 0.824. The fourth-order valence-corrected chi connectivity index (χ4v) is 2.67. The predicted octanol–water partition coefficient (Wildman–Crippen LogP) is 2.57. The number of pyridine rings is 1. The van der Waals surface area contributed by atoms with E-state index in [-0.39, 0.29) is 0 Å². The number of hydrogen-bond donors (Lipinski definition) is 4. The van der Waals surface area contributed by atoms with Crippen molar-refractivity contribution < 1.29 is 0 Å². The fourth-order valence-electron chi connectivity index (χ4n) is 2.67. The van der Waals surface area contributed by atoms with E-state index in [9.17, 15) is 0 Å². The summed E-state index contributed by atoms with van der Waals surface area (Å²) in [5.41, 5.74) is 11.2. The molecule has 3 aromatic rings. The highest BCUT2D eigenvalue weighted by molar-refractivity contribution is 5.92. The van der Waals surface area contributed by atoms with Crippen LogP contribution in [-0.2, 0) is 6.54 Å². The van der Waals surface area contributed by atoms with Gasteiger partial charge in [-0.2, -0.15) is 0 Å². The summed E-state index contributed by atoms with van der Waals surface area (Å²) in [4.78, 5) is 7.59. The second-order valence-corrected chi connectivity index (χ2v) is 4.96. The fraction of sp³-hybridized carbons (Fsp3) is 0.188. The van der Waals surface area contributed by atoms with E-state index in [1.54, 1.807) is 6.20 Å². The zero-order chi connectivity index (χ0) is 14.8. The van der Waals surface area contributed by atoms with Crippen molar-refractivity contribution in [2.45, 2.75) is 6.54 Å². The third-order valence-electron chi connectivity index (χ3n) is 3.64. The third kappa shape index (κ3) is 2.32. The first-order valence-corrected chi connectivity index (χ1v) is 6.92. The molecule has 0 aliphatic rings. The summed E-state index contributed by atoms with van der Waals surface area (Å²) in [7, 11) is 3.81. The monoisotopic (exact) mass is 281 g/mol. The molecule has 0 aliphatic carbocycles. The highest BCUT2D eigenvalue weighted by atomic mass is 14.9. The van der Waals surface area contributed by atoms with Crippen molar-refractivity contribution in [3.8, 4) is 11.3 Å². The van der Waals surface area contributed by atoms with Crippen LogP contribution >= 0.6 is 0 Å². The summed E-state index contributed by atoms with van der Waals surface area (Å²) in [6.07, 6.45) is 1.73. The van der Waals surface area contributed by atoms with Crippen LogP contribution in [0.1, 0.15) is 5.56 Å². The number of benzene rings is 1. The van der Waals surface area contributed by atoms with E-state index in [0.717, 1.165) is 29.0 Å². The Kier molecular flexibility index (Phi) is 3.50. The van der Waals surface area contributed by atoms with Crippen molar-refractivity contribution >= 4 is 22.4 Å². The van der Waals surface area contributed by atoms with Gasteiger partial charge in [-0.05, 0) is 30.8 Å². The van der Waals surface area contributed by atoms with Crippen LogP contribution in [0.15, 0.2) is 36.5 Å². The van der Waals surface area contributed by atoms with Gasteiger partial charge in [0.15, 0.2) is 0 Å². The molecule has 0 fully saturated rings. The molecule has 0 bridgehead atoms. The molecule has 0 atom stereocenters. The number of rotatable bonds is 4. The minimum absolute atomic E-state index is 0.504. The molecular weight excluding hydrogens is 262 g/mol. The number of hydrogen-bond acceptors (Lipinski definition) is 4. The van der Waals surface area contributed by atoms with Crippen molar-refractivity contribution in [3.63, 3.8) is 0 Å². The zero-order valence-corrected chi connectivity index (χ0v) is 12.2. The zero-order valence-electron chi connectivity index (χ0n) is 12.2. The number of anilines is 2. The maximum absolute atomic E-state index is 5.94. The molecule has 0 saturated heterocycles. The normalized spacial score (nSPS) is 11.0. The Morgan fingerprint density at radius 2 is 2.10 bits per heavy atom. The first-order chi connectivity index (χ1) is 10.2. The third-order valence-corrected chi connectivity index (χ3v) is 3.64.